The average Bonchev–Trinajstić information content (AvgIpc) is 2.44. The van der Waals surface area contributed by atoms with Crippen molar-refractivity contribution in [2.45, 2.75) is 31.7 Å². The van der Waals surface area contributed by atoms with Crippen molar-refractivity contribution in [1.82, 2.24) is 14.6 Å². The molecule has 9 heteroatoms. The SMILES string of the molecule is CS(=O)(=O)NCCC1CCCCN1C(=O)c1cc(Cl)nc(Cl)c1. The normalized spacial score (nSPS) is 18.9. The minimum atomic E-state index is -3.22. The van der Waals surface area contributed by atoms with Gasteiger partial charge >= 0.3 is 0 Å². The smallest absolute Gasteiger partial charge is 0.254 e. The molecular formula is C14H19Cl2N3O3S. The van der Waals surface area contributed by atoms with Gasteiger partial charge in [-0.05, 0) is 37.8 Å². The number of carbonyl (C=O) groups excluding carboxylic acids is 1. The molecule has 6 nitrogen and oxygen atoms in total. The maximum absolute atomic E-state index is 12.7. The van der Waals surface area contributed by atoms with E-state index in [0.29, 0.717) is 25.1 Å². The number of aromatic nitrogens is 1. The molecule has 1 unspecified atom stereocenters. The Hall–Kier alpha value is -0.890. The van der Waals surface area contributed by atoms with Gasteiger partial charge in [-0.15, -0.1) is 0 Å². The van der Waals surface area contributed by atoms with Crippen molar-refractivity contribution < 1.29 is 13.2 Å². The Morgan fingerprint density at radius 2 is 2.00 bits per heavy atom. The van der Waals surface area contributed by atoms with Crippen molar-refractivity contribution in [3.05, 3.63) is 28.0 Å². The number of pyridine rings is 1. The summed E-state index contributed by atoms with van der Waals surface area (Å²) in [5.74, 6) is -0.153. The number of piperidine rings is 1. The standard InChI is InChI=1S/C14H19Cl2N3O3S/c1-23(21,22)17-6-5-11-4-2-3-7-19(11)14(20)10-8-12(15)18-13(16)9-10/h8-9,11,17H,2-7H2,1H3. The number of nitrogens with zero attached hydrogens (tertiary/aromatic N) is 2. The van der Waals surface area contributed by atoms with Crippen LogP contribution in [0.4, 0.5) is 0 Å². The largest absolute Gasteiger partial charge is 0.336 e. The molecular weight excluding hydrogens is 361 g/mol. The first-order chi connectivity index (χ1) is 10.8. The maximum Gasteiger partial charge on any atom is 0.254 e. The summed E-state index contributed by atoms with van der Waals surface area (Å²) >= 11 is 11.7. The van der Waals surface area contributed by atoms with Crippen LogP contribution in [0, 0.1) is 0 Å². The van der Waals surface area contributed by atoms with E-state index in [2.05, 4.69) is 9.71 Å². The summed E-state index contributed by atoms with van der Waals surface area (Å²) in [4.78, 5) is 18.3. The van der Waals surface area contributed by atoms with Gasteiger partial charge in [0.2, 0.25) is 10.0 Å². The Morgan fingerprint density at radius 3 is 2.61 bits per heavy atom. The van der Waals surface area contributed by atoms with Gasteiger partial charge in [0.1, 0.15) is 10.3 Å². The molecule has 1 amide bonds. The van der Waals surface area contributed by atoms with E-state index in [9.17, 15) is 13.2 Å². The number of nitrogens with one attached hydrogen (secondary N) is 1. The molecule has 0 spiro atoms. The quantitative estimate of drug-likeness (QED) is 0.796. The topological polar surface area (TPSA) is 79.4 Å². The molecule has 1 saturated heterocycles. The number of likely N-dealkylation sites (tertiary alicyclic amines) is 1. The lowest BCUT2D eigenvalue weighted by atomic mass is 9.98. The molecule has 0 bridgehead atoms. The Kier molecular flexibility index (Phi) is 6.25. The van der Waals surface area contributed by atoms with Crippen LogP contribution < -0.4 is 4.72 Å². The summed E-state index contributed by atoms with van der Waals surface area (Å²) < 4.78 is 24.8. The summed E-state index contributed by atoms with van der Waals surface area (Å²) in [7, 11) is -3.22. The van der Waals surface area contributed by atoms with Crippen LogP contribution in [0.15, 0.2) is 12.1 Å². The van der Waals surface area contributed by atoms with E-state index in [1.165, 1.54) is 12.1 Å². The van der Waals surface area contributed by atoms with Crippen LogP contribution in [0.25, 0.3) is 0 Å². The fourth-order valence-electron chi connectivity index (χ4n) is 2.73. The summed E-state index contributed by atoms with van der Waals surface area (Å²) in [5, 5.41) is 0.348. The number of hydrogen-bond acceptors (Lipinski definition) is 4. The van der Waals surface area contributed by atoms with Gasteiger partial charge in [0, 0.05) is 24.7 Å². The first-order valence-corrected chi connectivity index (χ1v) is 10.00. The van der Waals surface area contributed by atoms with E-state index in [1.54, 1.807) is 4.90 Å². The van der Waals surface area contributed by atoms with Gasteiger partial charge in [-0.25, -0.2) is 18.1 Å². The highest BCUT2D eigenvalue weighted by molar-refractivity contribution is 7.88. The van der Waals surface area contributed by atoms with Crippen LogP contribution in [0.1, 0.15) is 36.0 Å². The molecule has 1 aliphatic heterocycles. The molecule has 1 N–H and O–H groups in total. The van der Waals surface area contributed by atoms with E-state index in [0.717, 1.165) is 25.5 Å². The predicted octanol–water partition coefficient (Wildman–Crippen LogP) is 2.32. The van der Waals surface area contributed by atoms with Crippen LogP contribution in [-0.2, 0) is 10.0 Å². The monoisotopic (exact) mass is 379 g/mol. The maximum atomic E-state index is 12.7. The van der Waals surface area contributed by atoms with Gasteiger partial charge in [0.25, 0.3) is 5.91 Å². The van der Waals surface area contributed by atoms with Crippen LogP contribution in [0.5, 0.6) is 0 Å². The van der Waals surface area contributed by atoms with Gasteiger partial charge < -0.3 is 4.90 Å². The molecule has 0 saturated carbocycles. The number of rotatable bonds is 5. The second kappa shape index (κ2) is 7.79. The molecule has 2 heterocycles. The first-order valence-electron chi connectivity index (χ1n) is 7.35. The third-order valence-electron chi connectivity index (χ3n) is 3.74. The van der Waals surface area contributed by atoms with Crippen molar-refractivity contribution in [2.24, 2.45) is 0 Å². The molecule has 1 aromatic rings. The van der Waals surface area contributed by atoms with Crippen LogP contribution in [-0.4, -0.2) is 49.6 Å². The zero-order valence-corrected chi connectivity index (χ0v) is 15.1. The molecule has 1 fully saturated rings. The fourth-order valence-corrected chi connectivity index (χ4v) is 3.68. The number of amides is 1. The molecule has 0 radical (unpaired) electrons. The summed E-state index contributed by atoms with van der Waals surface area (Å²) in [6, 6.07) is 2.99. The molecule has 0 aromatic carbocycles. The van der Waals surface area contributed by atoms with Gasteiger partial charge in [-0.2, -0.15) is 0 Å². The van der Waals surface area contributed by atoms with Crippen LogP contribution in [0.3, 0.4) is 0 Å². The molecule has 2 rings (SSSR count). The van der Waals surface area contributed by atoms with Crippen molar-refractivity contribution in [3.8, 4) is 0 Å². The predicted molar refractivity (Wildman–Crippen MR) is 90.4 cm³/mol. The average molecular weight is 380 g/mol. The second-order valence-corrected chi connectivity index (χ2v) is 8.21. The Morgan fingerprint density at radius 1 is 1.35 bits per heavy atom. The number of sulfonamides is 1. The van der Waals surface area contributed by atoms with Crippen molar-refractivity contribution >= 4 is 39.1 Å². The lowest BCUT2D eigenvalue weighted by Crippen LogP contribution is -2.45. The van der Waals surface area contributed by atoms with E-state index in [4.69, 9.17) is 23.2 Å². The van der Waals surface area contributed by atoms with Crippen molar-refractivity contribution in [1.29, 1.82) is 0 Å². The van der Waals surface area contributed by atoms with Gasteiger partial charge in [0.05, 0.1) is 6.26 Å². The number of hydrogen-bond donors (Lipinski definition) is 1. The van der Waals surface area contributed by atoms with Gasteiger partial charge in [-0.1, -0.05) is 23.2 Å². The van der Waals surface area contributed by atoms with Crippen molar-refractivity contribution in [2.75, 3.05) is 19.3 Å². The molecule has 128 valence electrons. The zero-order valence-electron chi connectivity index (χ0n) is 12.8. The molecule has 0 aliphatic carbocycles. The zero-order chi connectivity index (χ0) is 17.0. The van der Waals surface area contributed by atoms with E-state index in [-0.39, 0.29) is 22.3 Å². The molecule has 23 heavy (non-hydrogen) atoms. The fraction of sp³-hybridized carbons (Fsp3) is 0.571. The van der Waals surface area contributed by atoms with Crippen LogP contribution >= 0.6 is 23.2 Å². The highest BCUT2D eigenvalue weighted by Gasteiger charge is 2.27. The first kappa shape index (κ1) is 18.4. The highest BCUT2D eigenvalue weighted by atomic mass is 35.5. The minimum absolute atomic E-state index is 0.00350. The van der Waals surface area contributed by atoms with E-state index < -0.39 is 10.0 Å². The van der Waals surface area contributed by atoms with Gasteiger partial charge in [-0.3, -0.25) is 4.79 Å². The highest BCUT2D eigenvalue weighted by Crippen LogP contribution is 2.23. The summed E-state index contributed by atoms with van der Waals surface area (Å²) in [5.41, 5.74) is 0.401. The third-order valence-corrected chi connectivity index (χ3v) is 4.86. The molecule has 1 aromatic heterocycles. The van der Waals surface area contributed by atoms with Crippen LogP contribution in [0.2, 0.25) is 10.3 Å². The summed E-state index contributed by atoms with van der Waals surface area (Å²) in [6.07, 6.45) is 4.49. The van der Waals surface area contributed by atoms with E-state index in [1.807, 2.05) is 0 Å². The lowest BCUT2D eigenvalue weighted by molar-refractivity contribution is 0.0604. The van der Waals surface area contributed by atoms with Crippen molar-refractivity contribution in [3.63, 3.8) is 0 Å². The minimum Gasteiger partial charge on any atom is -0.336 e. The summed E-state index contributed by atoms with van der Waals surface area (Å²) in [6.45, 7) is 0.949. The Labute approximate surface area is 146 Å². The third kappa shape index (κ3) is 5.60. The van der Waals surface area contributed by atoms with E-state index >= 15 is 0 Å². The van der Waals surface area contributed by atoms with Gasteiger partial charge in [0.15, 0.2) is 0 Å². The molecule has 1 aliphatic rings. The number of halogens is 2. The number of carbonyl (C=O) groups is 1. The Balaban J connectivity index is 2.09. The lowest BCUT2D eigenvalue weighted by Gasteiger charge is -2.36. The molecule has 1 atom stereocenters. The Bertz CT molecular complexity index is 662. The second-order valence-electron chi connectivity index (χ2n) is 5.60.